The Morgan fingerprint density at radius 1 is 1.50 bits per heavy atom. The first-order valence-electron chi connectivity index (χ1n) is 5.23. The zero-order valence-corrected chi connectivity index (χ0v) is 11.0. The van der Waals surface area contributed by atoms with Crippen molar-refractivity contribution in [2.24, 2.45) is 0 Å². The lowest BCUT2D eigenvalue weighted by Gasteiger charge is -2.25. The Morgan fingerprint density at radius 3 is 2.94 bits per heavy atom. The first-order chi connectivity index (χ1) is 7.65. The lowest BCUT2D eigenvalue weighted by molar-refractivity contribution is -0.122. The number of anilines is 2. The Hall–Kier alpha value is -0.980. The lowest BCUT2D eigenvalue weighted by atomic mass is 10.1. The van der Waals surface area contributed by atoms with E-state index in [1.807, 2.05) is 18.2 Å². The van der Waals surface area contributed by atoms with Gasteiger partial charge in [0.1, 0.15) is 0 Å². The van der Waals surface area contributed by atoms with Crippen molar-refractivity contribution in [1.29, 1.82) is 0 Å². The van der Waals surface area contributed by atoms with E-state index in [1.54, 1.807) is 0 Å². The fraction of sp³-hybridized carbons (Fsp3) is 0.364. The summed E-state index contributed by atoms with van der Waals surface area (Å²) in [6.07, 6.45) is 1.44. The van der Waals surface area contributed by atoms with Crippen LogP contribution >= 0.6 is 22.6 Å². The second-order valence-corrected chi connectivity index (χ2v) is 5.16. The Morgan fingerprint density at radius 2 is 2.31 bits per heavy atom. The number of carbonyl (C=O) groups excluding carboxylic acids is 1. The fourth-order valence-corrected chi connectivity index (χ4v) is 2.26. The maximum Gasteiger partial charge on any atom is 0.220 e. The maximum absolute atomic E-state index is 11.0. The number of hydrogen-bond donors (Lipinski definition) is 3. The molecule has 2 rings (SSSR count). The van der Waals surface area contributed by atoms with Crippen LogP contribution in [-0.2, 0) is 4.79 Å². The molecule has 1 fully saturated rings. The van der Waals surface area contributed by atoms with E-state index in [2.05, 4.69) is 33.2 Å². The standard InChI is InChI=1S/C11H14IN3O/c12-7-1-3-10(9(13)5-7)15-8-2-4-11(16)14-6-8/h1,3,5,8,15H,2,4,6,13H2,(H,14,16). The topological polar surface area (TPSA) is 67.1 Å². The van der Waals surface area contributed by atoms with Crippen LogP contribution in [0.25, 0.3) is 0 Å². The van der Waals surface area contributed by atoms with Crippen LogP contribution in [-0.4, -0.2) is 18.5 Å². The summed E-state index contributed by atoms with van der Waals surface area (Å²) in [7, 11) is 0. The first-order valence-corrected chi connectivity index (χ1v) is 6.31. The van der Waals surface area contributed by atoms with Crippen molar-refractivity contribution in [1.82, 2.24) is 5.32 Å². The maximum atomic E-state index is 11.0. The van der Waals surface area contributed by atoms with E-state index < -0.39 is 0 Å². The molecule has 1 atom stereocenters. The number of amides is 1. The smallest absolute Gasteiger partial charge is 0.220 e. The van der Waals surface area contributed by atoms with Gasteiger partial charge in [-0.3, -0.25) is 4.79 Å². The summed E-state index contributed by atoms with van der Waals surface area (Å²) >= 11 is 2.23. The SMILES string of the molecule is Nc1cc(I)ccc1NC1CCC(=O)NC1. The van der Waals surface area contributed by atoms with Gasteiger partial charge in [0, 0.05) is 22.6 Å². The zero-order valence-electron chi connectivity index (χ0n) is 8.79. The highest BCUT2D eigenvalue weighted by atomic mass is 127. The predicted octanol–water partition coefficient (Wildman–Crippen LogP) is 1.56. The summed E-state index contributed by atoms with van der Waals surface area (Å²) in [6.45, 7) is 0.671. The van der Waals surface area contributed by atoms with Crippen LogP contribution in [0.5, 0.6) is 0 Å². The van der Waals surface area contributed by atoms with Crippen molar-refractivity contribution in [3.05, 3.63) is 21.8 Å². The number of halogens is 1. The summed E-state index contributed by atoms with van der Waals surface area (Å²) in [4.78, 5) is 11.0. The molecule has 1 amide bonds. The molecule has 1 unspecified atom stereocenters. The average Bonchev–Trinajstić information content (AvgIpc) is 2.25. The third-order valence-corrected chi connectivity index (χ3v) is 3.31. The Labute approximate surface area is 108 Å². The number of carbonyl (C=O) groups is 1. The van der Waals surface area contributed by atoms with E-state index >= 15 is 0 Å². The molecule has 0 aliphatic carbocycles. The number of nitrogen functional groups attached to an aromatic ring is 1. The van der Waals surface area contributed by atoms with Crippen LogP contribution in [0, 0.1) is 3.57 Å². The van der Waals surface area contributed by atoms with Gasteiger partial charge in [-0.05, 0) is 47.2 Å². The summed E-state index contributed by atoms with van der Waals surface area (Å²) in [5.41, 5.74) is 7.61. The molecule has 1 heterocycles. The quantitative estimate of drug-likeness (QED) is 0.569. The summed E-state index contributed by atoms with van der Waals surface area (Å²) in [6, 6.07) is 6.21. The van der Waals surface area contributed by atoms with Crippen LogP contribution < -0.4 is 16.4 Å². The molecule has 0 saturated carbocycles. The molecule has 0 aromatic heterocycles. The van der Waals surface area contributed by atoms with E-state index in [4.69, 9.17) is 5.73 Å². The van der Waals surface area contributed by atoms with Crippen molar-refractivity contribution >= 4 is 39.9 Å². The molecular formula is C11H14IN3O. The second kappa shape index (κ2) is 4.90. The van der Waals surface area contributed by atoms with Gasteiger partial charge in [-0.15, -0.1) is 0 Å². The molecule has 0 radical (unpaired) electrons. The Bertz CT molecular complexity index is 398. The minimum atomic E-state index is 0.133. The van der Waals surface area contributed by atoms with E-state index in [-0.39, 0.29) is 11.9 Å². The van der Waals surface area contributed by atoms with Crippen molar-refractivity contribution in [2.75, 3.05) is 17.6 Å². The second-order valence-electron chi connectivity index (χ2n) is 3.92. The molecule has 1 saturated heterocycles. The van der Waals surface area contributed by atoms with Crippen LogP contribution in [0.15, 0.2) is 18.2 Å². The molecule has 1 aliphatic heterocycles. The van der Waals surface area contributed by atoms with Gasteiger partial charge >= 0.3 is 0 Å². The zero-order chi connectivity index (χ0) is 11.5. The molecular weight excluding hydrogens is 317 g/mol. The Balaban J connectivity index is 2.01. The molecule has 5 heteroatoms. The van der Waals surface area contributed by atoms with Gasteiger partial charge in [0.25, 0.3) is 0 Å². The van der Waals surface area contributed by atoms with Crippen LogP contribution in [0.2, 0.25) is 0 Å². The highest BCUT2D eigenvalue weighted by Crippen LogP contribution is 2.22. The number of nitrogens with two attached hydrogens (primary N) is 1. The van der Waals surface area contributed by atoms with Gasteiger partial charge < -0.3 is 16.4 Å². The van der Waals surface area contributed by atoms with Gasteiger partial charge in [0.2, 0.25) is 5.91 Å². The molecule has 16 heavy (non-hydrogen) atoms. The predicted molar refractivity (Wildman–Crippen MR) is 73.2 cm³/mol. The molecule has 86 valence electrons. The van der Waals surface area contributed by atoms with Gasteiger partial charge in [-0.1, -0.05) is 0 Å². The fourth-order valence-electron chi connectivity index (χ4n) is 1.74. The van der Waals surface area contributed by atoms with Crippen molar-refractivity contribution in [3.8, 4) is 0 Å². The molecule has 0 spiro atoms. The number of piperidine rings is 1. The minimum absolute atomic E-state index is 0.133. The number of rotatable bonds is 2. The van der Waals surface area contributed by atoms with Crippen LogP contribution in [0.1, 0.15) is 12.8 Å². The largest absolute Gasteiger partial charge is 0.397 e. The van der Waals surface area contributed by atoms with E-state index in [0.29, 0.717) is 13.0 Å². The minimum Gasteiger partial charge on any atom is -0.397 e. The highest BCUT2D eigenvalue weighted by molar-refractivity contribution is 14.1. The van der Waals surface area contributed by atoms with Crippen molar-refractivity contribution in [3.63, 3.8) is 0 Å². The third kappa shape index (κ3) is 2.78. The van der Waals surface area contributed by atoms with Crippen LogP contribution in [0.4, 0.5) is 11.4 Å². The monoisotopic (exact) mass is 331 g/mol. The lowest BCUT2D eigenvalue weighted by Crippen LogP contribution is -2.41. The van der Waals surface area contributed by atoms with E-state index in [9.17, 15) is 4.79 Å². The van der Waals surface area contributed by atoms with Crippen molar-refractivity contribution < 1.29 is 4.79 Å². The number of hydrogen-bond acceptors (Lipinski definition) is 3. The molecule has 1 aromatic carbocycles. The summed E-state index contributed by atoms with van der Waals surface area (Å²) < 4.78 is 1.12. The first kappa shape index (κ1) is 11.5. The Kier molecular flexibility index (Phi) is 3.52. The average molecular weight is 331 g/mol. The molecule has 4 nitrogen and oxygen atoms in total. The van der Waals surface area contributed by atoms with E-state index in [1.165, 1.54) is 0 Å². The van der Waals surface area contributed by atoms with Gasteiger partial charge in [-0.25, -0.2) is 0 Å². The van der Waals surface area contributed by atoms with Gasteiger partial charge in [-0.2, -0.15) is 0 Å². The van der Waals surface area contributed by atoms with E-state index in [0.717, 1.165) is 21.4 Å². The van der Waals surface area contributed by atoms with Gasteiger partial charge in [0.15, 0.2) is 0 Å². The number of benzene rings is 1. The molecule has 1 aliphatic rings. The summed E-state index contributed by atoms with van der Waals surface area (Å²) in [5, 5.41) is 6.19. The van der Waals surface area contributed by atoms with Crippen LogP contribution in [0.3, 0.4) is 0 Å². The van der Waals surface area contributed by atoms with Gasteiger partial charge in [0.05, 0.1) is 11.4 Å². The third-order valence-electron chi connectivity index (χ3n) is 2.64. The molecule has 4 N–H and O–H groups in total. The highest BCUT2D eigenvalue weighted by Gasteiger charge is 2.18. The molecule has 1 aromatic rings. The van der Waals surface area contributed by atoms with Crippen molar-refractivity contribution in [2.45, 2.75) is 18.9 Å². The number of nitrogens with one attached hydrogen (secondary N) is 2. The summed E-state index contributed by atoms with van der Waals surface area (Å²) in [5.74, 6) is 0.133. The normalized spacial score (nSPS) is 20.3. The molecule has 0 bridgehead atoms.